The molecule has 2 aliphatic rings. The molecule has 5 rings (SSSR count). The monoisotopic (exact) mass is 505 g/mol. The summed E-state index contributed by atoms with van der Waals surface area (Å²) in [5, 5.41) is 11.9. The summed E-state index contributed by atoms with van der Waals surface area (Å²) >= 11 is 0. The van der Waals surface area contributed by atoms with Gasteiger partial charge in [0, 0.05) is 65.6 Å². The van der Waals surface area contributed by atoms with Crippen molar-refractivity contribution in [1.82, 2.24) is 9.88 Å². The molecule has 37 heavy (non-hydrogen) atoms. The number of fused-ring (bicyclic) bond motifs is 4. The van der Waals surface area contributed by atoms with Crippen LogP contribution in [0.25, 0.3) is 10.9 Å². The zero-order valence-electron chi connectivity index (χ0n) is 21.7. The van der Waals surface area contributed by atoms with E-state index in [-0.39, 0.29) is 23.7 Å². The van der Waals surface area contributed by atoms with Gasteiger partial charge in [-0.15, -0.1) is 0 Å². The number of nitrogens with zero attached hydrogens (tertiary/aromatic N) is 2. The van der Waals surface area contributed by atoms with Gasteiger partial charge in [-0.2, -0.15) is 0 Å². The van der Waals surface area contributed by atoms with Gasteiger partial charge >= 0.3 is 6.09 Å². The number of amides is 1. The second kappa shape index (κ2) is 8.61. The third-order valence-electron chi connectivity index (χ3n) is 7.15. The lowest BCUT2D eigenvalue weighted by Crippen LogP contribution is -2.44. The highest BCUT2D eigenvalue weighted by Gasteiger charge is 2.40. The summed E-state index contributed by atoms with van der Waals surface area (Å²) in [5.74, 6) is 0.513. The molecule has 1 aromatic heterocycles. The number of ether oxygens (including phenoxy) is 2. The summed E-state index contributed by atoms with van der Waals surface area (Å²) in [6.45, 7) is 10.7. The zero-order valence-corrected chi connectivity index (χ0v) is 21.7. The van der Waals surface area contributed by atoms with Crippen LogP contribution >= 0.6 is 0 Å². The fourth-order valence-corrected chi connectivity index (χ4v) is 5.25. The van der Waals surface area contributed by atoms with E-state index in [0.29, 0.717) is 53.7 Å². The van der Waals surface area contributed by atoms with Gasteiger partial charge in [0.1, 0.15) is 17.5 Å². The van der Waals surface area contributed by atoms with Crippen LogP contribution in [0.4, 0.5) is 10.5 Å². The average molecular weight is 506 g/mol. The predicted octanol–water partition coefficient (Wildman–Crippen LogP) is 5.72. The summed E-state index contributed by atoms with van der Waals surface area (Å²) in [6, 6.07) is 10.1. The van der Waals surface area contributed by atoms with Crippen LogP contribution in [0.1, 0.15) is 74.6 Å². The van der Waals surface area contributed by atoms with Crippen LogP contribution in [0.3, 0.4) is 0 Å². The minimum absolute atomic E-state index is 0.0489. The van der Waals surface area contributed by atoms with Gasteiger partial charge < -0.3 is 19.4 Å². The van der Waals surface area contributed by atoms with Crippen molar-refractivity contribution in [2.24, 2.45) is 0 Å². The van der Waals surface area contributed by atoms with Crippen molar-refractivity contribution in [3.63, 3.8) is 0 Å². The van der Waals surface area contributed by atoms with Crippen molar-refractivity contribution in [2.45, 2.75) is 64.6 Å². The number of hydrogen-bond donors (Lipinski definition) is 1. The Bertz CT molecular complexity index is 1420. The van der Waals surface area contributed by atoms with Gasteiger partial charge in [0.2, 0.25) is 0 Å². The topological polar surface area (TPSA) is 115 Å². The number of nitro benzene ring substituents is 1. The van der Waals surface area contributed by atoms with E-state index in [2.05, 4.69) is 4.98 Å². The first-order valence-corrected chi connectivity index (χ1v) is 12.5. The standard InChI is InChI=1S/C28H31N3O6/c1-27(2,3)37-26(33)30-12-10-17(11-13-30)36-18-7-8-19-21(15-18)28(4,5)25-23(24(19)32)20-14-16(31(34)35)6-9-22(20)29-25/h6-9,14-15,17,29H,10-13H2,1-5H3. The molecule has 1 N–H and O–H groups in total. The number of hydrogen-bond acceptors (Lipinski definition) is 6. The van der Waals surface area contributed by atoms with E-state index in [0.717, 1.165) is 11.3 Å². The first-order valence-electron chi connectivity index (χ1n) is 12.5. The van der Waals surface area contributed by atoms with Gasteiger partial charge in [-0.05, 0) is 50.6 Å². The zero-order chi connectivity index (χ0) is 26.7. The van der Waals surface area contributed by atoms with E-state index in [1.54, 1.807) is 23.1 Å². The Balaban J connectivity index is 1.38. The van der Waals surface area contributed by atoms with Crippen molar-refractivity contribution in [2.75, 3.05) is 13.1 Å². The Labute approximate surface area is 214 Å². The fourth-order valence-electron chi connectivity index (χ4n) is 5.25. The molecule has 1 saturated heterocycles. The number of ketones is 1. The molecule has 2 heterocycles. The average Bonchev–Trinajstić information content (AvgIpc) is 3.22. The highest BCUT2D eigenvalue weighted by molar-refractivity contribution is 6.20. The molecule has 9 nitrogen and oxygen atoms in total. The summed E-state index contributed by atoms with van der Waals surface area (Å²) < 4.78 is 11.8. The van der Waals surface area contributed by atoms with E-state index in [1.165, 1.54) is 12.1 Å². The molecule has 0 bridgehead atoms. The Kier molecular flexibility index (Phi) is 5.77. The van der Waals surface area contributed by atoms with Crippen molar-refractivity contribution in [3.8, 4) is 5.75 Å². The molecule has 0 spiro atoms. The molecule has 9 heteroatoms. The van der Waals surface area contributed by atoms with Crippen molar-refractivity contribution < 1.29 is 24.0 Å². The number of H-pyrrole nitrogens is 1. The van der Waals surface area contributed by atoms with E-state index in [4.69, 9.17) is 9.47 Å². The number of aromatic amines is 1. The summed E-state index contributed by atoms with van der Waals surface area (Å²) in [5.41, 5.74) is 2.20. The summed E-state index contributed by atoms with van der Waals surface area (Å²) in [7, 11) is 0. The highest BCUT2D eigenvalue weighted by atomic mass is 16.6. The number of nitrogens with one attached hydrogen (secondary N) is 1. The number of aromatic nitrogens is 1. The Morgan fingerprint density at radius 2 is 1.84 bits per heavy atom. The third kappa shape index (κ3) is 4.43. The van der Waals surface area contributed by atoms with Crippen LogP contribution in [-0.4, -0.2) is 51.5 Å². The normalized spacial score (nSPS) is 17.3. The van der Waals surface area contributed by atoms with Crippen LogP contribution in [0, 0.1) is 10.1 Å². The summed E-state index contributed by atoms with van der Waals surface area (Å²) in [4.78, 5) is 41.8. The number of rotatable bonds is 3. The number of carbonyl (C=O) groups is 2. The number of piperidine rings is 1. The Hall–Kier alpha value is -3.88. The molecule has 1 fully saturated rings. The minimum atomic E-state index is -0.550. The van der Waals surface area contributed by atoms with Gasteiger partial charge in [0.25, 0.3) is 5.69 Å². The molecule has 0 atom stereocenters. The molecule has 1 aliphatic heterocycles. The van der Waals surface area contributed by atoms with Crippen molar-refractivity contribution in [1.29, 1.82) is 0 Å². The van der Waals surface area contributed by atoms with E-state index >= 15 is 0 Å². The highest BCUT2D eigenvalue weighted by Crippen LogP contribution is 2.45. The lowest BCUT2D eigenvalue weighted by Gasteiger charge is -2.34. The number of carbonyl (C=O) groups excluding carboxylic acids is 2. The summed E-state index contributed by atoms with van der Waals surface area (Å²) in [6.07, 6.45) is 1.01. The molecule has 0 saturated carbocycles. The van der Waals surface area contributed by atoms with E-state index in [1.807, 2.05) is 40.7 Å². The second-order valence-corrected chi connectivity index (χ2v) is 11.3. The third-order valence-corrected chi connectivity index (χ3v) is 7.15. The molecule has 3 aromatic rings. The van der Waals surface area contributed by atoms with E-state index < -0.39 is 15.9 Å². The van der Waals surface area contributed by atoms with Crippen LogP contribution in [0.15, 0.2) is 36.4 Å². The number of non-ortho nitro benzene ring substituents is 1. The van der Waals surface area contributed by atoms with Gasteiger partial charge in [-0.1, -0.05) is 13.8 Å². The maximum Gasteiger partial charge on any atom is 0.410 e. The number of benzene rings is 2. The number of likely N-dealkylation sites (tertiary alicyclic amines) is 1. The molecule has 194 valence electrons. The van der Waals surface area contributed by atoms with Gasteiger partial charge in [-0.3, -0.25) is 14.9 Å². The maximum absolute atomic E-state index is 13.6. The van der Waals surface area contributed by atoms with Gasteiger partial charge in [0.15, 0.2) is 5.78 Å². The molecule has 0 radical (unpaired) electrons. The lowest BCUT2D eigenvalue weighted by molar-refractivity contribution is -0.384. The molecule has 2 aromatic carbocycles. The first-order chi connectivity index (χ1) is 17.3. The second-order valence-electron chi connectivity index (χ2n) is 11.3. The van der Waals surface area contributed by atoms with Crippen molar-refractivity contribution in [3.05, 3.63) is 68.9 Å². The van der Waals surface area contributed by atoms with Crippen LogP contribution in [-0.2, 0) is 10.2 Å². The van der Waals surface area contributed by atoms with Crippen molar-refractivity contribution >= 4 is 28.5 Å². The first kappa shape index (κ1) is 24.8. The molecule has 1 amide bonds. The predicted molar refractivity (Wildman–Crippen MR) is 138 cm³/mol. The van der Waals surface area contributed by atoms with Gasteiger partial charge in [0.05, 0.1) is 10.5 Å². The SMILES string of the molecule is CC(C)(C)OC(=O)N1CCC(Oc2ccc3c(c2)C(C)(C)c2[nH]c4ccc([N+](=O)[O-])cc4c2C3=O)CC1. The molecule has 0 unspecified atom stereocenters. The molecular weight excluding hydrogens is 474 g/mol. The van der Waals surface area contributed by atoms with E-state index in [9.17, 15) is 19.7 Å². The lowest BCUT2D eigenvalue weighted by atomic mass is 9.71. The largest absolute Gasteiger partial charge is 0.490 e. The minimum Gasteiger partial charge on any atom is -0.490 e. The van der Waals surface area contributed by atoms with Crippen LogP contribution in [0.2, 0.25) is 0 Å². The fraction of sp³-hybridized carbons (Fsp3) is 0.429. The number of nitro groups is 1. The smallest absolute Gasteiger partial charge is 0.410 e. The maximum atomic E-state index is 13.6. The Morgan fingerprint density at radius 3 is 2.49 bits per heavy atom. The Morgan fingerprint density at radius 1 is 1.14 bits per heavy atom. The van der Waals surface area contributed by atoms with Gasteiger partial charge in [-0.25, -0.2) is 4.79 Å². The quantitative estimate of drug-likeness (QED) is 0.359. The van der Waals surface area contributed by atoms with Crippen LogP contribution in [0.5, 0.6) is 5.75 Å². The molecule has 1 aliphatic carbocycles. The van der Waals surface area contributed by atoms with Crippen LogP contribution < -0.4 is 4.74 Å². The molecular formula is C28H31N3O6.